The fourth-order valence-corrected chi connectivity index (χ4v) is 0. The van der Waals surface area contributed by atoms with Crippen molar-refractivity contribution in [1.82, 2.24) is 0 Å². The van der Waals surface area contributed by atoms with Crippen molar-refractivity contribution in [2.75, 3.05) is 0 Å². The minimum Gasteiger partial charge on any atom is -0.269 e. The van der Waals surface area contributed by atoms with Gasteiger partial charge < -0.3 is 0 Å². The smallest absolute Gasteiger partial charge is 0.269 e. The maximum absolute atomic E-state index is 0. The van der Waals surface area contributed by atoms with Gasteiger partial charge in [-0.1, -0.05) is 0 Å². The molecule has 1 radical (unpaired) electrons. The first kappa shape index (κ1) is 171. The number of hydrogen-bond donors (Lipinski definition) is 0. The molecule has 0 aromatic heterocycles. The van der Waals surface area contributed by atoms with Gasteiger partial charge in [0.1, 0.15) is 0 Å². The fourth-order valence-electron chi connectivity index (χ4n) is 0. The maximum atomic E-state index is 0. The van der Waals surface area contributed by atoms with E-state index in [2.05, 4.69) is 0 Å². The van der Waals surface area contributed by atoms with Gasteiger partial charge in [-0.05, 0) is 0 Å². The summed E-state index contributed by atoms with van der Waals surface area (Å²) in [4.78, 5) is 0. The van der Waals surface area contributed by atoms with Crippen molar-refractivity contribution >= 4 is 0 Å². The normalized spacial score (nSPS) is 0. The third-order valence-electron chi connectivity index (χ3n) is 0. The molecule has 0 atom stereocenters. The minimum atomic E-state index is 0. The van der Waals surface area contributed by atoms with Gasteiger partial charge >= 0.3 is 103 Å². The van der Waals surface area contributed by atoms with Crippen molar-refractivity contribution in [3.63, 3.8) is 0 Å². The standard InChI is InChI=1S/7FH.2K.Ta/h7*1H;;;/q;;;;;;;2*+1;. The molecule has 0 N–H and O–H groups in total. The van der Waals surface area contributed by atoms with Crippen molar-refractivity contribution in [3.8, 4) is 0 Å². The van der Waals surface area contributed by atoms with Crippen LogP contribution in [0.2, 0.25) is 0 Å². The molecule has 0 saturated heterocycles. The minimum absolute atomic E-state index is 0. The Balaban J connectivity index is 0. The van der Waals surface area contributed by atoms with Gasteiger partial charge in [0.25, 0.3) is 0 Å². The van der Waals surface area contributed by atoms with Crippen LogP contribution in [0.1, 0.15) is 0 Å². The van der Waals surface area contributed by atoms with Crippen LogP contribution in [0.25, 0.3) is 0 Å². The average Bonchev–Trinajstić information content (AvgIpc) is 0. The van der Waals surface area contributed by atoms with Crippen LogP contribution in [0.5, 0.6) is 0 Å². The second-order valence-corrected chi connectivity index (χ2v) is 0. The van der Waals surface area contributed by atoms with Crippen LogP contribution in [0, 0.1) is 0 Å². The van der Waals surface area contributed by atoms with E-state index in [0.717, 1.165) is 0 Å². The molecule has 0 saturated carbocycles. The molecule has 0 spiro atoms. The van der Waals surface area contributed by atoms with E-state index in [-0.39, 0.29) is 158 Å². The van der Waals surface area contributed by atoms with Gasteiger partial charge in [-0.3, -0.25) is 32.9 Å². The Morgan fingerprint density at radius 2 is 0.300 bits per heavy atom. The summed E-state index contributed by atoms with van der Waals surface area (Å²) in [6.07, 6.45) is 0. The molecule has 0 rings (SSSR count). The van der Waals surface area contributed by atoms with Crippen LogP contribution < -0.4 is 103 Å². The van der Waals surface area contributed by atoms with Crippen LogP contribution >= 0.6 is 0 Å². The molecule has 0 bridgehead atoms. The first-order valence-electron chi connectivity index (χ1n) is 0. The predicted molar refractivity (Wildman–Crippen MR) is 17.5 cm³/mol. The van der Waals surface area contributed by atoms with Crippen LogP contribution in [0.3, 0.4) is 0 Å². The number of hydrogen-bond acceptors (Lipinski definition) is 0. The van der Waals surface area contributed by atoms with E-state index in [4.69, 9.17) is 0 Å². The first-order chi connectivity index (χ1) is 0. The second kappa shape index (κ2) is 134. The van der Waals surface area contributed by atoms with Crippen LogP contribution in [0.15, 0.2) is 0 Å². The summed E-state index contributed by atoms with van der Waals surface area (Å²) in [5.74, 6) is 0. The Morgan fingerprint density at radius 1 is 0.300 bits per heavy atom. The monoisotopic (exact) mass is 399 g/mol. The molecule has 10 heavy (non-hydrogen) atoms. The molecule has 0 aromatic rings. The van der Waals surface area contributed by atoms with Gasteiger partial charge in [-0.25, -0.2) is 0 Å². The molecule has 0 aliphatic heterocycles. The quantitative estimate of drug-likeness (QED) is 0.283. The summed E-state index contributed by atoms with van der Waals surface area (Å²) < 4.78 is 0. The summed E-state index contributed by atoms with van der Waals surface area (Å²) >= 11 is 0. The molecule has 0 unspecified atom stereocenters. The summed E-state index contributed by atoms with van der Waals surface area (Å²) in [5, 5.41) is 0. The Labute approximate surface area is 154 Å². The number of halogens is 7. The Hall–Kier alpha value is 3.52. The topological polar surface area (TPSA) is 0 Å². The third-order valence-corrected chi connectivity index (χ3v) is 0. The van der Waals surface area contributed by atoms with Crippen LogP contribution in [-0.2, 0) is 22.4 Å². The van der Waals surface area contributed by atoms with Gasteiger partial charge in [0, 0.05) is 22.4 Å². The van der Waals surface area contributed by atoms with Gasteiger partial charge in [0.15, 0.2) is 0 Å². The summed E-state index contributed by atoms with van der Waals surface area (Å²) in [5.41, 5.74) is 0. The number of rotatable bonds is 0. The Bertz CT molecular complexity index is 11.6. The van der Waals surface area contributed by atoms with Crippen molar-refractivity contribution in [3.05, 3.63) is 0 Å². The fraction of sp³-hybridized carbons (Fsp3) is 0. The first-order valence-corrected chi connectivity index (χ1v) is 0. The maximum Gasteiger partial charge on any atom is 1.00 e. The average molecular weight is 399 g/mol. The summed E-state index contributed by atoms with van der Waals surface area (Å²) in [6.45, 7) is 0. The van der Waals surface area contributed by atoms with Gasteiger partial charge in [-0.2, -0.15) is 0 Å². The van der Waals surface area contributed by atoms with E-state index in [1.54, 1.807) is 0 Å². The van der Waals surface area contributed by atoms with Gasteiger partial charge in [0.05, 0.1) is 0 Å². The molecule has 0 heterocycles. The molecule has 0 aromatic carbocycles. The molecule has 61 valence electrons. The van der Waals surface area contributed by atoms with Crippen molar-refractivity contribution < 1.29 is 158 Å². The second-order valence-electron chi connectivity index (χ2n) is 0. The van der Waals surface area contributed by atoms with E-state index in [0.29, 0.717) is 0 Å². The zero-order valence-electron chi connectivity index (χ0n) is 5.30. The largest absolute Gasteiger partial charge is 1.00 e. The van der Waals surface area contributed by atoms with Crippen molar-refractivity contribution in [2.45, 2.75) is 0 Å². The molecule has 0 nitrogen and oxygen atoms in total. The summed E-state index contributed by atoms with van der Waals surface area (Å²) in [6, 6.07) is 0. The zero-order valence-corrected chi connectivity index (χ0v) is 14.8. The third kappa shape index (κ3) is 103. The zero-order chi connectivity index (χ0) is 0. The molecular weight excluding hydrogens is 392 g/mol. The van der Waals surface area contributed by atoms with E-state index < -0.39 is 0 Å². The molecule has 0 aliphatic carbocycles. The van der Waals surface area contributed by atoms with E-state index in [9.17, 15) is 0 Å². The van der Waals surface area contributed by atoms with E-state index in [1.807, 2.05) is 0 Å². The van der Waals surface area contributed by atoms with Crippen molar-refractivity contribution in [1.29, 1.82) is 0 Å². The van der Waals surface area contributed by atoms with Crippen molar-refractivity contribution in [2.24, 2.45) is 0 Å². The van der Waals surface area contributed by atoms with Gasteiger partial charge in [0.2, 0.25) is 0 Å². The molecular formula is H7F7K2Ta+2. The Morgan fingerprint density at radius 3 is 0.300 bits per heavy atom. The van der Waals surface area contributed by atoms with E-state index >= 15 is 0 Å². The molecule has 0 fully saturated rings. The van der Waals surface area contributed by atoms with E-state index in [1.165, 1.54) is 0 Å². The Kier molecular flexibility index (Phi) is 2290. The molecule has 10 heteroatoms. The van der Waals surface area contributed by atoms with Gasteiger partial charge in [-0.15, -0.1) is 0 Å². The summed E-state index contributed by atoms with van der Waals surface area (Å²) in [7, 11) is 0. The predicted octanol–water partition coefficient (Wildman–Crippen LogP) is -4.93. The molecule has 0 aliphatic rings. The van der Waals surface area contributed by atoms with Crippen LogP contribution in [-0.4, -0.2) is 0 Å². The SMILES string of the molecule is F.F.F.F.F.F.F.[K+].[K+].[Ta]. The van der Waals surface area contributed by atoms with Crippen LogP contribution in [0.4, 0.5) is 32.9 Å². The molecule has 0 amide bonds.